The molecule has 0 aliphatic carbocycles. The van der Waals surface area contributed by atoms with Gasteiger partial charge in [-0.1, -0.05) is 23.7 Å². The van der Waals surface area contributed by atoms with Crippen LogP contribution in [0.25, 0.3) is 11.3 Å². The Morgan fingerprint density at radius 1 is 1.24 bits per heavy atom. The van der Waals surface area contributed by atoms with Gasteiger partial charge in [0.05, 0.1) is 18.4 Å². The molecule has 0 spiro atoms. The van der Waals surface area contributed by atoms with E-state index in [9.17, 15) is 4.79 Å². The average molecular weight is 391 g/mol. The number of nitrogens with zero attached hydrogens (tertiary/aromatic N) is 1. The van der Waals surface area contributed by atoms with Crippen molar-refractivity contribution in [3.8, 4) is 17.0 Å². The zero-order valence-corrected chi connectivity index (χ0v) is 16.0. The fourth-order valence-electron chi connectivity index (χ4n) is 2.23. The lowest BCUT2D eigenvalue weighted by molar-refractivity contribution is 0.102. The van der Waals surface area contributed by atoms with E-state index in [2.05, 4.69) is 10.3 Å². The standard InChI is InChI=1S/C18H15ClN2O2S2/c1-23-16-9-13(24-2)7-8-14(16)17(22)21-18-20-15(10-25-18)11-3-5-12(19)6-4-11/h3-10H,1-2H3,(H,20,21,22). The molecule has 2 aromatic carbocycles. The minimum atomic E-state index is -0.249. The van der Waals surface area contributed by atoms with Gasteiger partial charge < -0.3 is 4.74 Å². The number of hydrogen-bond donors (Lipinski definition) is 1. The fraction of sp³-hybridized carbons (Fsp3) is 0.111. The number of halogens is 1. The molecule has 1 heterocycles. The predicted molar refractivity (Wildman–Crippen MR) is 105 cm³/mol. The molecule has 4 nitrogen and oxygen atoms in total. The number of carbonyl (C=O) groups excluding carboxylic acids is 1. The van der Waals surface area contributed by atoms with Crippen LogP contribution >= 0.6 is 34.7 Å². The summed E-state index contributed by atoms with van der Waals surface area (Å²) in [6.07, 6.45) is 1.97. The first kappa shape index (κ1) is 17.8. The summed E-state index contributed by atoms with van der Waals surface area (Å²) < 4.78 is 5.33. The highest BCUT2D eigenvalue weighted by Gasteiger charge is 2.15. The summed E-state index contributed by atoms with van der Waals surface area (Å²) >= 11 is 8.87. The third kappa shape index (κ3) is 4.15. The number of anilines is 1. The van der Waals surface area contributed by atoms with Crippen molar-refractivity contribution in [2.45, 2.75) is 4.90 Å². The summed E-state index contributed by atoms with van der Waals surface area (Å²) in [7, 11) is 1.55. The highest BCUT2D eigenvalue weighted by atomic mass is 35.5. The molecule has 7 heteroatoms. The number of hydrogen-bond acceptors (Lipinski definition) is 5. The van der Waals surface area contributed by atoms with Gasteiger partial charge in [-0.15, -0.1) is 23.1 Å². The van der Waals surface area contributed by atoms with Crippen LogP contribution in [0.3, 0.4) is 0 Å². The van der Waals surface area contributed by atoms with Crippen LogP contribution in [-0.2, 0) is 0 Å². The molecule has 0 saturated carbocycles. The number of thiazole rings is 1. The highest BCUT2D eigenvalue weighted by molar-refractivity contribution is 7.98. The summed E-state index contributed by atoms with van der Waals surface area (Å²) in [5.74, 6) is 0.292. The van der Waals surface area contributed by atoms with E-state index in [1.165, 1.54) is 11.3 Å². The second kappa shape index (κ2) is 7.91. The minimum Gasteiger partial charge on any atom is -0.496 e. The van der Waals surface area contributed by atoms with E-state index in [-0.39, 0.29) is 5.91 Å². The lowest BCUT2D eigenvalue weighted by Gasteiger charge is -2.09. The maximum atomic E-state index is 12.5. The number of amides is 1. The van der Waals surface area contributed by atoms with Crippen molar-refractivity contribution in [3.05, 3.63) is 58.4 Å². The molecule has 0 radical (unpaired) electrons. The van der Waals surface area contributed by atoms with E-state index in [4.69, 9.17) is 16.3 Å². The molecule has 0 aliphatic rings. The number of aromatic nitrogens is 1. The largest absolute Gasteiger partial charge is 0.496 e. The van der Waals surface area contributed by atoms with Gasteiger partial charge >= 0.3 is 0 Å². The first-order valence-corrected chi connectivity index (χ1v) is 9.84. The van der Waals surface area contributed by atoms with Gasteiger partial charge in [0.1, 0.15) is 5.75 Å². The van der Waals surface area contributed by atoms with Gasteiger partial charge in [0.25, 0.3) is 5.91 Å². The van der Waals surface area contributed by atoms with Crippen LogP contribution in [0.1, 0.15) is 10.4 Å². The Labute approximate surface area is 159 Å². The molecular formula is C18H15ClN2O2S2. The zero-order valence-electron chi connectivity index (χ0n) is 13.6. The number of ether oxygens (including phenoxy) is 1. The van der Waals surface area contributed by atoms with Crippen LogP contribution in [0.4, 0.5) is 5.13 Å². The Balaban J connectivity index is 1.79. The number of nitrogens with one attached hydrogen (secondary N) is 1. The smallest absolute Gasteiger partial charge is 0.261 e. The van der Waals surface area contributed by atoms with Crippen molar-refractivity contribution in [2.24, 2.45) is 0 Å². The maximum absolute atomic E-state index is 12.5. The third-order valence-electron chi connectivity index (χ3n) is 3.52. The molecule has 0 unspecified atom stereocenters. The summed E-state index contributed by atoms with van der Waals surface area (Å²) in [6.45, 7) is 0. The van der Waals surface area contributed by atoms with Crippen molar-refractivity contribution in [1.82, 2.24) is 4.98 Å². The molecule has 1 amide bonds. The maximum Gasteiger partial charge on any atom is 0.261 e. The Bertz CT molecular complexity index is 894. The zero-order chi connectivity index (χ0) is 17.8. The van der Waals surface area contributed by atoms with Crippen molar-refractivity contribution in [1.29, 1.82) is 0 Å². The molecule has 0 aliphatic heterocycles. The van der Waals surface area contributed by atoms with Gasteiger partial charge in [-0.3, -0.25) is 10.1 Å². The third-order valence-corrected chi connectivity index (χ3v) is 5.25. The van der Waals surface area contributed by atoms with Gasteiger partial charge in [-0.05, 0) is 36.6 Å². The van der Waals surface area contributed by atoms with E-state index in [0.717, 1.165) is 16.2 Å². The van der Waals surface area contributed by atoms with Crippen molar-refractivity contribution in [2.75, 3.05) is 18.7 Å². The Hall–Kier alpha value is -2.02. The van der Waals surface area contributed by atoms with Crippen molar-refractivity contribution >= 4 is 45.7 Å². The Morgan fingerprint density at radius 3 is 2.68 bits per heavy atom. The number of rotatable bonds is 5. The topological polar surface area (TPSA) is 51.2 Å². The summed E-state index contributed by atoms with van der Waals surface area (Å²) in [4.78, 5) is 18.0. The van der Waals surface area contributed by atoms with Crippen molar-refractivity contribution in [3.63, 3.8) is 0 Å². The van der Waals surface area contributed by atoms with Crippen LogP contribution in [0.5, 0.6) is 5.75 Å². The molecule has 1 aromatic heterocycles. The first-order chi connectivity index (χ1) is 12.1. The fourth-order valence-corrected chi connectivity index (χ4v) is 3.50. The van der Waals surface area contributed by atoms with Gasteiger partial charge in [0, 0.05) is 20.9 Å². The number of methoxy groups -OCH3 is 1. The lowest BCUT2D eigenvalue weighted by Crippen LogP contribution is -2.13. The van der Waals surface area contributed by atoms with E-state index in [0.29, 0.717) is 21.5 Å². The van der Waals surface area contributed by atoms with Gasteiger partial charge in [-0.2, -0.15) is 0 Å². The highest BCUT2D eigenvalue weighted by Crippen LogP contribution is 2.28. The predicted octanol–water partition coefficient (Wildman–Crippen LogP) is 5.45. The van der Waals surface area contributed by atoms with Crippen LogP contribution in [0, 0.1) is 0 Å². The molecule has 0 fully saturated rings. The monoisotopic (exact) mass is 390 g/mol. The molecule has 0 bridgehead atoms. The average Bonchev–Trinajstić information content (AvgIpc) is 3.10. The van der Waals surface area contributed by atoms with E-state index in [1.54, 1.807) is 24.9 Å². The first-order valence-electron chi connectivity index (χ1n) is 7.35. The van der Waals surface area contributed by atoms with Crippen LogP contribution in [0.15, 0.2) is 52.7 Å². The van der Waals surface area contributed by atoms with E-state index in [1.807, 2.05) is 48.0 Å². The van der Waals surface area contributed by atoms with Gasteiger partial charge in [-0.25, -0.2) is 4.98 Å². The van der Waals surface area contributed by atoms with Crippen molar-refractivity contribution < 1.29 is 9.53 Å². The molecule has 0 saturated heterocycles. The molecular weight excluding hydrogens is 376 g/mol. The number of thioether (sulfide) groups is 1. The number of carbonyl (C=O) groups is 1. The summed E-state index contributed by atoms with van der Waals surface area (Å²) in [6, 6.07) is 12.9. The quantitative estimate of drug-likeness (QED) is 0.589. The normalized spacial score (nSPS) is 10.5. The van der Waals surface area contributed by atoms with E-state index < -0.39 is 0 Å². The molecule has 0 atom stereocenters. The Morgan fingerprint density at radius 2 is 2.00 bits per heavy atom. The molecule has 1 N–H and O–H groups in total. The second-order valence-corrected chi connectivity index (χ2v) is 7.24. The van der Waals surface area contributed by atoms with Crippen LogP contribution in [0.2, 0.25) is 5.02 Å². The SMILES string of the molecule is COc1cc(SC)ccc1C(=O)Nc1nc(-c2ccc(Cl)cc2)cs1. The molecule has 25 heavy (non-hydrogen) atoms. The summed E-state index contributed by atoms with van der Waals surface area (Å²) in [5, 5.41) is 5.93. The van der Waals surface area contributed by atoms with Gasteiger partial charge in [0.2, 0.25) is 0 Å². The molecule has 3 aromatic rings. The number of benzene rings is 2. The summed E-state index contributed by atoms with van der Waals surface area (Å²) in [5.41, 5.74) is 2.22. The second-order valence-electron chi connectivity index (χ2n) is 5.07. The lowest BCUT2D eigenvalue weighted by atomic mass is 10.2. The minimum absolute atomic E-state index is 0.249. The van der Waals surface area contributed by atoms with Crippen LogP contribution in [-0.4, -0.2) is 24.3 Å². The van der Waals surface area contributed by atoms with E-state index >= 15 is 0 Å². The molecule has 128 valence electrons. The molecule has 3 rings (SSSR count). The Kier molecular flexibility index (Phi) is 5.63. The van der Waals surface area contributed by atoms with Gasteiger partial charge in [0.15, 0.2) is 5.13 Å². The van der Waals surface area contributed by atoms with Crippen LogP contribution < -0.4 is 10.1 Å².